The van der Waals surface area contributed by atoms with Gasteiger partial charge in [0, 0.05) is 62.8 Å². The number of aromatic nitrogens is 4. The maximum absolute atomic E-state index is 14.8. The normalized spacial score (nSPS) is 20.1. The summed E-state index contributed by atoms with van der Waals surface area (Å²) < 4.78 is 31.8. The number of piperazine rings is 1. The number of hydrogen-bond acceptors (Lipinski definition) is 17. The van der Waals surface area contributed by atoms with Crippen molar-refractivity contribution in [1.29, 1.82) is 0 Å². The molecule has 5 unspecified atom stereocenters. The summed E-state index contributed by atoms with van der Waals surface area (Å²) in [6.07, 6.45) is 14.7. The number of benzene rings is 2. The summed E-state index contributed by atoms with van der Waals surface area (Å²) in [7, 11) is 1.73. The number of carbonyl (C=O) groups is 4. The van der Waals surface area contributed by atoms with Gasteiger partial charge in [-0.05, 0) is 120 Å². The van der Waals surface area contributed by atoms with Gasteiger partial charge in [-0.1, -0.05) is 62.4 Å². The minimum atomic E-state index is -0.774. The highest BCUT2D eigenvalue weighted by Gasteiger charge is 2.46. The van der Waals surface area contributed by atoms with E-state index in [0.29, 0.717) is 92.5 Å². The molecule has 3 amide bonds. The third kappa shape index (κ3) is 15.6. The Balaban J connectivity index is 0.612. The van der Waals surface area contributed by atoms with Gasteiger partial charge in [-0.25, -0.2) is 9.97 Å². The summed E-state index contributed by atoms with van der Waals surface area (Å²) in [5.41, 5.74) is 4.49. The lowest BCUT2D eigenvalue weighted by Gasteiger charge is -2.35. The van der Waals surface area contributed by atoms with E-state index in [1.807, 2.05) is 54.7 Å². The van der Waals surface area contributed by atoms with Crippen LogP contribution in [0.25, 0.3) is 11.0 Å². The van der Waals surface area contributed by atoms with Crippen LogP contribution in [0.3, 0.4) is 0 Å². The molecule has 86 heavy (non-hydrogen) atoms. The SMILES string of the molecule is CNC(C)C(=O)NC(C(=O)N1CC(Oc2cccc(OCCOCCOCCOCCN3CCN(c4ccc(Nc5ncc6c(C)c(C(C)=O)c(=O)n(C7CCCC7)c6n5)nc4)CC3)c2)CC1C(=O)NC1CCCc2ccccc21)C1CCCCC1. The zero-order valence-electron chi connectivity index (χ0n) is 50.6. The van der Waals surface area contributed by atoms with Crippen LogP contribution < -0.4 is 41.2 Å². The van der Waals surface area contributed by atoms with Gasteiger partial charge in [0.15, 0.2) is 5.78 Å². The highest BCUT2D eigenvalue weighted by Crippen LogP contribution is 2.35. The largest absolute Gasteiger partial charge is 0.491 e. The minimum Gasteiger partial charge on any atom is -0.491 e. The number of nitrogens with one attached hydrogen (secondary N) is 4. The van der Waals surface area contributed by atoms with E-state index < -0.39 is 24.2 Å². The molecule has 2 saturated heterocycles. The van der Waals surface area contributed by atoms with Crippen LogP contribution >= 0.6 is 0 Å². The van der Waals surface area contributed by atoms with Crippen LogP contribution in [0.4, 0.5) is 17.5 Å². The number of carbonyl (C=O) groups excluding carboxylic acids is 4. The topological polar surface area (TPSA) is 233 Å². The molecule has 5 atom stereocenters. The molecule has 5 heterocycles. The molecule has 21 heteroatoms. The number of nitrogens with zero attached hydrogens (tertiary/aromatic N) is 7. The third-order valence-corrected chi connectivity index (χ3v) is 17.9. The predicted octanol–water partition coefficient (Wildman–Crippen LogP) is 7.02. The molecular formula is C65H87N11O10. The summed E-state index contributed by atoms with van der Waals surface area (Å²) in [6.45, 7) is 12.7. The highest BCUT2D eigenvalue weighted by atomic mass is 16.6. The van der Waals surface area contributed by atoms with Gasteiger partial charge < -0.3 is 54.8 Å². The summed E-state index contributed by atoms with van der Waals surface area (Å²) >= 11 is 0. The zero-order chi connectivity index (χ0) is 59.9. The Morgan fingerprint density at radius 3 is 2.22 bits per heavy atom. The van der Waals surface area contributed by atoms with E-state index in [1.54, 1.807) is 36.6 Å². The number of anilines is 3. The molecule has 5 aliphatic rings. The first-order valence-corrected chi connectivity index (χ1v) is 31.3. The first-order chi connectivity index (χ1) is 41.9. The quantitative estimate of drug-likeness (QED) is 0.0306. The van der Waals surface area contributed by atoms with Gasteiger partial charge in [0.1, 0.15) is 47.8 Å². The lowest BCUT2D eigenvalue weighted by Crippen LogP contribution is -2.58. The Kier molecular flexibility index (Phi) is 21.7. The van der Waals surface area contributed by atoms with Gasteiger partial charge >= 0.3 is 0 Å². The van der Waals surface area contributed by atoms with Crippen molar-refractivity contribution >= 4 is 52.0 Å². The smallest absolute Gasteiger partial charge is 0.263 e. The number of likely N-dealkylation sites (tertiary alicyclic amines) is 1. The van der Waals surface area contributed by atoms with Gasteiger partial charge in [-0.3, -0.25) is 33.4 Å². The van der Waals surface area contributed by atoms with E-state index in [2.05, 4.69) is 53.2 Å². The molecule has 10 rings (SSSR count). The second kappa shape index (κ2) is 30.0. The number of fused-ring (bicyclic) bond motifs is 2. The number of Topliss-reactive ketones (excluding diaryl/α,β-unsaturated/α-hetero) is 1. The number of aryl methyl sites for hydroxylation is 2. The van der Waals surface area contributed by atoms with Crippen molar-refractivity contribution in [2.24, 2.45) is 5.92 Å². The number of pyridine rings is 2. The zero-order valence-corrected chi connectivity index (χ0v) is 50.6. The van der Waals surface area contributed by atoms with E-state index in [4.69, 9.17) is 28.7 Å². The summed E-state index contributed by atoms with van der Waals surface area (Å²) in [5.74, 6) is 1.17. The van der Waals surface area contributed by atoms with Crippen molar-refractivity contribution in [3.05, 3.63) is 106 Å². The molecule has 5 aromatic rings. The molecule has 3 aliphatic carbocycles. The molecule has 21 nitrogen and oxygen atoms in total. The van der Waals surface area contributed by atoms with E-state index >= 15 is 0 Å². The van der Waals surface area contributed by atoms with Gasteiger partial charge in [0.25, 0.3) is 5.56 Å². The number of ether oxygens (including phenoxy) is 5. The van der Waals surface area contributed by atoms with Crippen LogP contribution in [0.15, 0.2) is 77.9 Å². The number of ketones is 1. The molecule has 0 radical (unpaired) electrons. The molecular weight excluding hydrogens is 1090 g/mol. The second-order valence-corrected chi connectivity index (χ2v) is 23.6. The maximum atomic E-state index is 14.8. The number of amides is 3. The Labute approximate surface area is 504 Å². The maximum Gasteiger partial charge on any atom is 0.263 e. The molecule has 0 spiro atoms. The van der Waals surface area contributed by atoms with Crippen molar-refractivity contribution in [3.63, 3.8) is 0 Å². The van der Waals surface area contributed by atoms with E-state index in [1.165, 1.54) is 12.5 Å². The fraction of sp³-hybridized carbons (Fsp3) is 0.569. The van der Waals surface area contributed by atoms with E-state index in [0.717, 1.165) is 121 Å². The number of hydrogen-bond donors (Lipinski definition) is 4. The average Bonchev–Trinajstić information content (AvgIpc) is 1.82. The summed E-state index contributed by atoms with van der Waals surface area (Å²) in [6, 6.07) is 17.4. The average molecular weight is 1180 g/mol. The molecule has 2 aromatic carbocycles. The third-order valence-electron chi connectivity index (χ3n) is 17.9. The van der Waals surface area contributed by atoms with Gasteiger partial charge in [0.05, 0.1) is 75.7 Å². The fourth-order valence-corrected chi connectivity index (χ4v) is 13.1. The van der Waals surface area contributed by atoms with Crippen molar-refractivity contribution in [2.45, 2.75) is 141 Å². The number of likely N-dealkylation sites (N-methyl/N-ethyl adjacent to an activating group) is 1. The van der Waals surface area contributed by atoms with Crippen LogP contribution in [-0.4, -0.2) is 170 Å². The lowest BCUT2D eigenvalue weighted by atomic mass is 9.83. The van der Waals surface area contributed by atoms with E-state index in [-0.39, 0.29) is 59.2 Å². The van der Waals surface area contributed by atoms with Gasteiger partial charge in [-0.15, -0.1) is 0 Å². The first-order valence-electron chi connectivity index (χ1n) is 31.3. The minimum absolute atomic E-state index is 0.00423. The molecule has 2 saturated carbocycles. The molecule has 0 bridgehead atoms. The Hall–Kier alpha value is -7.04. The van der Waals surface area contributed by atoms with Crippen LogP contribution in [-0.2, 0) is 35.0 Å². The van der Waals surface area contributed by atoms with Crippen LogP contribution in [0.1, 0.15) is 130 Å². The Morgan fingerprint density at radius 1 is 0.767 bits per heavy atom. The van der Waals surface area contributed by atoms with Gasteiger partial charge in [-0.2, -0.15) is 4.98 Å². The van der Waals surface area contributed by atoms with Crippen LogP contribution in [0.2, 0.25) is 0 Å². The lowest BCUT2D eigenvalue weighted by molar-refractivity contribution is -0.143. The predicted molar refractivity (Wildman–Crippen MR) is 328 cm³/mol. The second-order valence-electron chi connectivity index (χ2n) is 23.6. The molecule has 4 fully saturated rings. The van der Waals surface area contributed by atoms with Crippen molar-refractivity contribution in [2.75, 3.05) is 103 Å². The fourth-order valence-electron chi connectivity index (χ4n) is 13.1. The van der Waals surface area contributed by atoms with Crippen LogP contribution in [0.5, 0.6) is 11.5 Å². The van der Waals surface area contributed by atoms with Crippen molar-refractivity contribution in [1.82, 2.24) is 45.3 Å². The molecule has 4 N–H and O–H groups in total. The Morgan fingerprint density at radius 2 is 1.49 bits per heavy atom. The molecule has 2 aliphatic heterocycles. The highest BCUT2D eigenvalue weighted by molar-refractivity contribution is 5.99. The first kappa shape index (κ1) is 62.0. The molecule has 462 valence electrons. The summed E-state index contributed by atoms with van der Waals surface area (Å²) in [5, 5.41) is 13.3. The van der Waals surface area contributed by atoms with Crippen molar-refractivity contribution in [3.8, 4) is 11.5 Å². The molecule has 3 aromatic heterocycles. The van der Waals surface area contributed by atoms with Crippen LogP contribution in [0, 0.1) is 12.8 Å². The summed E-state index contributed by atoms with van der Waals surface area (Å²) in [4.78, 5) is 89.1. The number of rotatable bonds is 27. The monoisotopic (exact) mass is 1180 g/mol. The Bertz CT molecular complexity index is 3160. The van der Waals surface area contributed by atoms with Gasteiger partial charge in [0.2, 0.25) is 23.7 Å². The standard InChI is InChI=1S/C65H87N11O10/c1-43-54-41-68-65(72-60(54)76(48-18-9-10-19-48)63(80)58(43)45(3)77)70-57-25-24-49(40-67-57)74-28-26-73(27-29-74)30-31-82-32-33-83-34-35-84-36-37-85-50-20-13-21-51(38-50)86-52-39-56(62(79)69-55-23-12-17-46-14-8-11-22-53(46)55)75(42-52)64(81)59(47-15-6-5-7-16-47)71-61(78)44(2)66-4/h8,11,13-14,20-22,24-25,38,40-41,44,47-48,52,55-56,59,66H,5-7,9-10,12,15-19,23,26-37,39,42H2,1-4H3,(H,69,79)(H,71,78)(H,67,68,70,72). The van der Waals surface area contributed by atoms with E-state index in [9.17, 15) is 24.0 Å². The van der Waals surface area contributed by atoms with Crippen molar-refractivity contribution < 1.29 is 42.9 Å².